The van der Waals surface area contributed by atoms with Crippen LogP contribution in [0.4, 0.5) is 0 Å². The molecule has 0 radical (unpaired) electrons. The van der Waals surface area contributed by atoms with Crippen molar-refractivity contribution in [1.29, 1.82) is 0 Å². The summed E-state index contributed by atoms with van der Waals surface area (Å²) in [4.78, 5) is 44.8. The monoisotopic (exact) mass is 302 g/mol. The van der Waals surface area contributed by atoms with Crippen molar-refractivity contribution in [2.45, 2.75) is 52.2 Å². The van der Waals surface area contributed by atoms with Crippen LogP contribution in [0.15, 0.2) is 0 Å². The molecule has 2 amide bonds. The van der Waals surface area contributed by atoms with Gasteiger partial charge in [-0.25, -0.2) is 4.79 Å². The SMILES string of the molecule is CC(=O)NCCC(=O)N[C@@H](CC(=O)OC(C)(C)C)C(=O)O. The standard InChI is InChI=1S/C13H22N2O6/c1-8(16)14-6-5-10(17)15-9(12(19)20)7-11(18)21-13(2,3)4/h9H,5-7H2,1-4H3,(H,14,16)(H,15,17)(H,19,20)/t9-/m0/s1. The molecule has 3 N–H and O–H groups in total. The summed E-state index contributed by atoms with van der Waals surface area (Å²) in [6.45, 7) is 6.38. The minimum atomic E-state index is -1.36. The Balaban J connectivity index is 4.37. The summed E-state index contributed by atoms with van der Waals surface area (Å²) in [5.41, 5.74) is -0.727. The lowest BCUT2D eigenvalue weighted by atomic mass is 10.1. The van der Waals surface area contributed by atoms with Gasteiger partial charge in [-0.3, -0.25) is 14.4 Å². The van der Waals surface area contributed by atoms with Gasteiger partial charge in [-0.15, -0.1) is 0 Å². The number of nitrogens with one attached hydrogen (secondary N) is 2. The van der Waals surface area contributed by atoms with Gasteiger partial charge in [0.2, 0.25) is 11.8 Å². The molecule has 0 aliphatic carbocycles. The maximum atomic E-state index is 11.6. The number of hydrogen-bond acceptors (Lipinski definition) is 5. The highest BCUT2D eigenvalue weighted by atomic mass is 16.6. The Kier molecular flexibility index (Phi) is 7.40. The van der Waals surface area contributed by atoms with E-state index in [0.29, 0.717) is 0 Å². The van der Waals surface area contributed by atoms with Gasteiger partial charge < -0.3 is 20.5 Å². The van der Waals surface area contributed by atoms with E-state index in [4.69, 9.17) is 9.84 Å². The Bertz CT molecular complexity index is 413. The third-order valence-electron chi connectivity index (χ3n) is 2.15. The van der Waals surface area contributed by atoms with Crippen molar-refractivity contribution in [2.75, 3.05) is 6.54 Å². The zero-order chi connectivity index (χ0) is 16.6. The fourth-order valence-electron chi connectivity index (χ4n) is 1.37. The molecule has 0 aromatic carbocycles. The first-order valence-corrected chi connectivity index (χ1v) is 6.49. The minimum Gasteiger partial charge on any atom is -0.480 e. The van der Waals surface area contributed by atoms with Crippen LogP contribution in [0.1, 0.15) is 40.5 Å². The van der Waals surface area contributed by atoms with Gasteiger partial charge in [0.05, 0.1) is 6.42 Å². The van der Waals surface area contributed by atoms with E-state index in [1.807, 2.05) is 0 Å². The zero-order valence-electron chi connectivity index (χ0n) is 12.7. The number of rotatable bonds is 7. The Hall–Kier alpha value is -2.12. The molecule has 0 unspecified atom stereocenters. The minimum absolute atomic E-state index is 0.0717. The molecule has 0 rings (SSSR count). The van der Waals surface area contributed by atoms with Crippen LogP contribution in [-0.2, 0) is 23.9 Å². The molecule has 0 spiro atoms. The summed E-state index contributed by atoms with van der Waals surface area (Å²) in [6, 6.07) is -1.36. The number of carboxylic acid groups (broad SMARTS) is 1. The van der Waals surface area contributed by atoms with E-state index in [9.17, 15) is 19.2 Å². The van der Waals surface area contributed by atoms with E-state index in [-0.39, 0.29) is 18.9 Å². The third kappa shape index (κ3) is 10.3. The number of hydrogen-bond donors (Lipinski definition) is 3. The summed E-state index contributed by atoms with van der Waals surface area (Å²) < 4.78 is 5.00. The zero-order valence-corrected chi connectivity index (χ0v) is 12.7. The van der Waals surface area contributed by atoms with Gasteiger partial charge in [-0.05, 0) is 20.8 Å². The maximum absolute atomic E-state index is 11.6. The van der Waals surface area contributed by atoms with Crippen LogP contribution in [0.5, 0.6) is 0 Å². The summed E-state index contributed by atoms with van der Waals surface area (Å²) in [5, 5.41) is 13.6. The van der Waals surface area contributed by atoms with Crippen LogP contribution in [0.2, 0.25) is 0 Å². The van der Waals surface area contributed by atoms with Gasteiger partial charge in [0, 0.05) is 19.9 Å². The molecule has 0 aliphatic heterocycles. The molecule has 8 heteroatoms. The van der Waals surface area contributed by atoms with Gasteiger partial charge in [0.25, 0.3) is 0 Å². The number of carbonyl (C=O) groups excluding carboxylic acids is 3. The normalized spacial score (nSPS) is 12.2. The molecule has 1 atom stereocenters. The number of aliphatic carboxylic acids is 1. The van der Waals surface area contributed by atoms with E-state index in [2.05, 4.69) is 10.6 Å². The van der Waals surface area contributed by atoms with Crippen LogP contribution in [-0.4, -0.2) is 47.0 Å². The van der Waals surface area contributed by atoms with E-state index < -0.39 is 35.9 Å². The van der Waals surface area contributed by atoms with E-state index >= 15 is 0 Å². The lowest BCUT2D eigenvalue weighted by Gasteiger charge is -2.21. The van der Waals surface area contributed by atoms with Crippen LogP contribution < -0.4 is 10.6 Å². The Labute approximate surface area is 123 Å². The van der Waals surface area contributed by atoms with Crippen molar-refractivity contribution in [3.05, 3.63) is 0 Å². The quantitative estimate of drug-likeness (QED) is 0.560. The fraction of sp³-hybridized carbons (Fsp3) is 0.692. The van der Waals surface area contributed by atoms with E-state index in [0.717, 1.165) is 0 Å². The molecule has 120 valence electrons. The average molecular weight is 302 g/mol. The van der Waals surface area contributed by atoms with Crippen molar-refractivity contribution in [2.24, 2.45) is 0 Å². The number of esters is 1. The molecule has 8 nitrogen and oxygen atoms in total. The predicted molar refractivity (Wildman–Crippen MR) is 73.3 cm³/mol. The number of carbonyl (C=O) groups is 4. The smallest absolute Gasteiger partial charge is 0.326 e. The van der Waals surface area contributed by atoms with Crippen LogP contribution in [0.3, 0.4) is 0 Å². The van der Waals surface area contributed by atoms with Crippen molar-refractivity contribution in [3.63, 3.8) is 0 Å². The summed E-state index contributed by atoms with van der Waals surface area (Å²) in [6.07, 6.45) is -0.532. The van der Waals surface area contributed by atoms with Gasteiger partial charge >= 0.3 is 11.9 Å². The molecule has 0 saturated heterocycles. The molecular weight excluding hydrogens is 280 g/mol. The average Bonchev–Trinajstić information content (AvgIpc) is 2.24. The Morgan fingerprint density at radius 2 is 1.76 bits per heavy atom. The number of ether oxygens (including phenoxy) is 1. The Morgan fingerprint density at radius 1 is 1.19 bits per heavy atom. The van der Waals surface area contributed by atoms with Crippen molar-refractivity contribution < 1.29 is 29.0 Å². The van der Waals surface area contributed by atoms with Crippen LogP contribution in [0, 0.1) is 0 Å². The number of carboxylic acids is 1. The van der Waals surface area contributed by atoms with Gasteiger partial charge in [-0.2, -0.15) is 0 Å². The largest absolute Gasteiger partial charge is 0.480 e. The van der Waals surface area contributed by atoms with Crippen molar-refractivity contribution in [3.8, 4) is 0 Å². The van der Waals surface area contributed by atoms with Crippen LogP contribution in [0.25, 0.3) is 0 Å². The highest BCUT2D eigenvalue weighted by molar-refractivity contribution is 5.87. The highest BCUT2D eigenvalue weighted by Gasteiger charge is 2.26. The summed E-state index contributed by atoms with van der Waals surface area (Å²) in [7, 11) is 0. The Morgan fingerprint density at radius 3 is 2.19 bits per heavy atom. The lowest BCUT2D eigenvalue weighted by Crippen LogP contribution is -2.44. The second-order valence-electron chi connectivity index (χ2n) is 5.48. The fourth-order valence-corrected chi connectivity index (χ4v) is 1.37. The predicted octanol–water partition coefficient (Wildman–Crippen LogP) is -0.186. The summed E-state index contributed by atoms with van der Waals surface area (Å²) >= 11 is 0. The molecule has 0 aromatic rings. The molecule has 0 bridgehead atoms. The second kappa shape index (κ2) is 8.23. The van der Waals surface area contributed by atoms with Gasteiger partial charge in [0.1, 0.15) is 11.6 Å². The highest BCUT2D eigenvalue weighted by Crippen LogP contribution is 2.09. The first kappa shape index (κ1) is 18.9. The topological polar surface area (TPSA) is 122 Å². The molecule has 0 saturated carbocycles. The second-order valence-corrected chi connectivity index (χ2v) is 5.48. The van der Waals surface area contributed by atoms with Crippen LogP contribution >= 0.6 is 0 Å². The first-order valence-electron chi connectivity index (χ1n) is 6.49. The van der Waals surface area contributed by atoms with Crippen molar-refractivity contribution in [1.82, 2.24) is 10.6 Å². The summed E-state index contributed by atoms with van der Waals surface area (Å²) in [5.74, 6) is -2.89. The molecule has 0 aliphatic rings. The molecular formula is C13H22N2O6. The van der Waals surface area contributed by atoms with Crippen molar-refractivity contribution >= 4 is 23.8 Å². The molecule has 21 heavy (non-hydrogen) atoms. The van der Waals surface area contributed by atoms with Gasteiger partial charge in [0.15, 0.2) is 0 Å². The van der Waals surface area contributed by atoms with Gasteiger partial charge in [-0.1, -0.05) is 0 Å². The first-order chi connectivity index (χ1) is 9.51. The molecule has 0 aromatic heterocycles. The lowest BCUT2D eigenvalue weighted by molar-refractivity contribution is -0.158. The number of amides is 2. The van der Waals surface area contributed by atoms with E-state index in [1.165, 1.54) is 6.92 Å². The maximum Gasteiger partial charge on any atom is 0.326 e. The van der Waals surface area contributed by atoms with E-state index in [1.54, 1.807) is 20.8 Å². The third-order valence-corrected chi connectivity index (χ3v) is 2.15. The molecule has 0 heterocycles. The molecule has 0 fully saturated rings.